The Hall–Kier alpha value is -2.31. The first-order valence-corrected chi connectivity index (χ1v) is 7.32. The largest absolute Gasteiger partial charge is 0.478 e. The summed E-state index contributed by atoms with van der Waals surface area (Å²) in [6.07, 6.45) is 0.911. The van der Waals surface area contributed by atoms with Crippen molar-refractivity contribution in [3.8, 4) is 0 Å². The summed E-state index contributed by atoms with van der Waals surface area (Å²) in [7, 11) is 0. The molecule has 22 heavy (non-hydrogen) atoms. The molecule has 7 heteroatoms. The van der Waals surface area contributed by atoms with Crippen LogP contribution in [0.25, 0.3) is 0 Å². The second-order valence-corrected chi connectivity index (χ2v) is 5.55. The summed E-state index contributed by atoms with van der Waals surface area (Å²) < 4.78 is 5.29. The first-order valence-electron chi connectivity index (χ1n) is 7.32. The quantitative estimate of drug-likeness (QED) is 0.853. The van der Waals surface area contributed by atoms with E-state index in [2.05, 4.69) is 5.32 Å². The molecule has 120 valence electrons. The van der Waals surface area contributed by atoms with E-state index >= 15 is 0 Å². The molecule has 1 fully saturated rings. The van der Waals surface area contributed by atoms with Gasteiger partial charge in [-0.1, -0.05) is 6.92 Å². The van der Waals surface area contributed by atoms with Crippen LogP contribution in [0, 0.1) is 0 Å². The van der Waals surface area contributed by atoms with Crippen LogP contribution >= 0.6 is 0 Å². The third-order valence-corrected chi connectivity index (χ3v) is 3.75. The van der Waals surface area contributed by atoms with Gasteiger partial charge in [0.1, 0.15) is 17.4 Å². The molecule has 1 atom stereocenters. The molecule has 1 aromatic rings. The Morgan fingerprint density at radius 2 is 2.18 bits per heavy atom. The van der Waals surface area contributed by atoms with Crippen molar-refractivity contribution in [3.63, 3.8) is 0 Å². The molecular weight excluding hydrogens is 288 g/mol. The number of nitrogens with zero attached hydrogens (tertiary/aromatic N) is 1. The number of nitrogens with one attached hydrogen (secondary N) is 1. The van der Waals surface area contributed by atoms with Crippen molar-refractivity contribution in [1.82, 2.24) is 10.2 Å². The van der Waals surface area contributed by atoms with Crippen LogP contribution in [-0.2, 0) is 11.2 Å². The molecule has 1 aromatic heterocycles. The molecule has 0 spiro atoms. The number of rotatable bonds is 5. The van der Waals surface area contributed by atoms with Gasteiger partial charge in [-0.15, -0.1) is 0 Å². The standard InChI is InChI=1S/C15H20N2O5/c1-4-11-9(15(20)21)7-12(22-11)13(18)16-10-5-6-17(8(2)3)14(10)19/h7-8,10H,4-6H2,1-3H3,(H,16,18)(H,20,21). The van der Waals surface area contributed by atoms with Gasteiger partial charge in [0, 0.05) is 25.1 Å². The summed E-state index contributed by atoms with van der Waals surface area (Å²) in [6, 6.07) is 0.706. The number of furan rings is 1. The first kappa shape index (κ1) is 16.1. The molecule has 0 bridgehead atoms. The maximum Gasteiger partial charge on any atom is 0.339 e. The van der Waals surface area contributed by atoms with Crippen LogP contribution in [0.15, 0.2) is 10.5 Å². The highest BCUT2D eigenvalue weighted by atomic mass is 16.4. The Kier molecular flexibility index (Phi) is 4.54. The Bertz CT molecular complexity index is 605. The predicted molar refractivity (Wildman–Crippen MR) is 77.8 cm³/mol. The predicted octanol–water partition coefficient (Wildman–Crippen LogP) is 1.28. The van der Waals surface area contributed by atoms with E-state index in [9.17, 15) is 14.4 Å². The fraction of sp³-hybridized carbons (Fsp3) is 0.533. The summed E-state index contributed by atoms with van der Waals surface area (Å²) in [6.45, 7) is 6.18. The second kappa shape index (κ2) is 6.21. The van der Waals surface area contributed by atoms with Gasteiger partial charge in [-0.2, -0.15) is 0 Å². The molecule has 0 aromatic carbocycles. The minimum Gasteiger partial charge on any atom is -0.478 e. The molecule has 2 amide bonds. The highest BCUT2D eigenvalue weighted by molar-refractivity contribution is 5.98. The summed E-state index contributed by atoms with van der Waals surface area (Å²) >= 11 is 0. The lowest BCUT2D eigenvalue weighted by atomic mass is 10.2. The number of carbonyl (C=O) groups excluding carboxylic acids is 2. The van der Waals surface area contributed by atoms with Crippen LogP contribution in [0.3, 0.4) is 0 Å². The number of carboxylic acid groups (broad SMARTS) is 1. The zero-order valence-electron chi connectivity index (χ0n) is 12.9. The molecule has 0 radical (unpaired) electrons. The Labute approximate surface area is 128 Å². The van der Waals surface area contributed by atoms with Gasteiger partial charge in [0.15, 0.2) is 5.76 Å². The number of carboxylic acids is 1. The lowest BCUT2D eigenvalue weighted by molar-refractivity contribution is -0.130. The van der Waals surface area contributed by atoms with E-state index in [0.29, 0.717) is 19.4 Å². The normalized spacial score (nSPS) is 18.1. The fourth-order valence-electron chi connectivity index (χ4n) is 2.56. The van der Waals surface area contributed by atoms with Gasteiger partial charge in [-0.25, -0.2) is 4.79 Å². The van der Waals surface area contributed by atoms with Crippen LogP contribution in [0.2, 0.25) is 0 Å². The Morgan fingerprint density at radius 3 is 2.64 bits per heavy atom. The zero-order valence-corrected chi connectivity index (χ0v) is 12.9. The molecule has 1 aliphatic rings. The van der Waals surface area contributed by atoms with Crippen LogP contribution in [0.1, 0.15) is 53.9 Å². The van der Waals surface area contributed by atoms with E-state index in [4.69, 9.17) is 9.52 Å². The number of amides is 2. The SMILES string of the molecule is CCc1oc(C(=O)NC2CCN(C(C)C)C2=O)cc1C(=O)O. The number of hydrogen-bond donors (Lipinski definition) is 2. The van der Waals surface area contributed by atoms with E-state index in [-0.39, 0.29) is 29.0 Å². The first-order chi connectivity index (χ1) is 10.3. The molecule has 0 aliphatic carbocycles. The van der Waals surface area contributed by atoms with Crippen LogP contribution < -0.4 is 5.32 Å². The van der Waals surface area contributed by atoms with Gasteiger partial charge in [-0.05, 0) is 20.3 Å². The number of carbonyl (C=O) groups is 3. The van der Waals surface area contributed by atoms with Crippen LogP contribution in [-0.4, -0.2) is 46.4 Å². The van der Waals surface area contributed by atoms with Crippen molar-refractivity contribution >= 4 is 17.8 Å². The second-order valence-electron chi connectivity index (χ2n) is 5.55. The maximum absolute atomic E-state index is 12.2. The summed E-state index contributed by atoms with van der Waals surface area (Å²) in [4.78, 5) is 37.1. The van der Waals surface area contributed by atoms with Crippen molar-refractivity contribution in [2.45, 2.75) is 45.7 Å². The molecule has 2 N–H and O–H groups in total. The van der Waals surface area contributed by atoms with E-state index in [1.807, 2.05) is 13.8 Å². The number of likely N-dealkylation sites (tertiary alicyclic amines) is 1. The van der Waals surface area contributed by atoms with E-state index in [1.54, 1.807) is 11.8 Å². The number of aryl methyl sites for hydroxylation is 1. The summed E-state index contributed by atoms with van der Waals surface area (Å²) in [5.74, 6) is -1.65. The van der Waals surface area contributed by atoms with E-state index in [1.165, 1.54) is 6.07 Å². The summed E-state index contributed by atoms with van der Waals surface area (Å²) in [5.41, 5.74) is -0.0193. The zero-order chi connectivity index (χ0) is 16.4. The maximum atomic E-state index is 12.2. The van der Waals surface area contributed by atoms with Gasteiger partial charge in [-0.3, -0.25) is 9.59 Å². The molecule has 2 heterocycles. The van der Waals surface area contributed by atoms with E-state index in [0.717, 1.165) is 0 Å². The molecule has 2 rings (SSSR count). The molecule has 1 unspecified atom stereocenters. The number of aromatic carboxylic acids is 1. The van der Waals surface area contributed by atoms with Crippen molar-refractivity contribution in [3.05, 3.63) is 23.2 Å². The van der Waals surface area contributed by atoms with Crippen molar-refractivity contribution in [2.75, 3.05) is 6.54 Å². The molecule has 1 saturated heterocycles. The van der Waals surface area contributed by atoms with Gasteiger partial charge in [0.2, 0.25) is 5.91 Å². The lowest BCUT2D eigenvalue weighted by Gasteiger charge is -2.20. The van der Waals surface area contributed by atoms with Crippen molar-refractivity contribution < 1.29 is 23.9 Å². The van der Waals surface area contributed by atoms with Gasteiger partial charge in [0.25, 0.3) is 5.91 Å². The van der Waals surface area contributed by atoms with Gasteiger partial charge < -0.3 is 19.7 Å². The number of hydrogen-bond acceptors (Lipinski definition) is 4. The third-order valence-electron chi connectivity index (χ3n) is 3.75. The average Bonchev–Trinajstić information content (AvgIpc) is 3.03. The highest BCUT2D eigenvalue weighted by Crippen LogP contribution is 2.18. The van der Waals surface area contributed by atoms with Gasteiger partial charge in [0.05, 0.1) is 0 Å². The molecular formula is C15H20N2O5. The Morgan fingerprint density at radius 1 is 1.50 bits per heavy atom. The fourth-order valence-corrected chi connectivity index (χ4v) is 2.56. The van der Waals surface area contributed by atoms with Crippen LogP contribution in [0.4, 0.5) is 0 Å². The van der Waals surface area contributed by atoms with Crippen molar-refractivity contribution in [1.29, 1.82) is 0 Å². The highest BCUT2D eigenvalue weighted by Gasteiger charge is 2.34. The topological polar surface area (TPSA) is 99.9 Å². The molecule has 0 saturated carbocycles. The van der Waals surface area contributed by atoms with Crippen LogP contribution in [0.5, 0.6) is 0 Å². The minimum absolute atomic E-state index is 0.0193. The smallest absolute Gasteiger partial charge is 0.339 e. The van der Waals surface area contributed by atoms with E-state index < -0.39 is 17.9 Å². The minimum atomic E-state index is -1.14. The summed E-state index contributed by atoms with van der Waals surface area (Å²) in [5, 5.41) is 11.7. The molecule has 1 aliphatic heterocycles. The van der Waals surface area contributed by atoms with Crippen molar-refractivity contribution in [2.24, 2.45) is 0 Å². The molecule has 7 nitrogen and oxygen atoms in total. The third kappa shape index (κ3) is 2.98. The monoisotopic (exact) mass is 308 g/mol. The Balaban J connectivity index is 2.10. The average molecular weight is 308 g/mol. The lowest BCUT2D eigenvalue weighted by Crippen LogP contribution is -2.43. The van der Waals surface area contributed by atoms with Gasteiger partial charge >= 0.3 is 5.97 Å².